The number of nitrogens with zero attached hydrogens (tertiary/aromatic N) is 1. The molecule has 1 atom stereocenters. The van der Waals surface area contributed by atoms with Gasteiger partial charge in [-0.15, -0.1) is 0 Å². The number of hydrogen-bond donors (Lipinski definition) is 1. The van der Waals surface area contributed by atoms with Crippen molar-refractivity contribution in [3.8, 4) is 5.75 Å². The van der Waals surface area contributed by atoms with E-state index in [0.717, 1.165) is 22.3 Å². The quantitative estimate of drug-likeness (QED) is 0.883. The standard InChI is InChI=1S/C17H21BrN2O/c1-12(19)10-13-11-14(18)4-9-17(13)20(2)15-5-7-16(21-3)8-6-15/h4-9,11-12H,10,19H2,1-3H3. The molecule has 2 aromatic carbocycles. The van der Waals surface area contributed by atoms with Crippen LogP contribution in [0, 0.1) is 0 Å². The number of methoxy groups -OCH3 is 1. The molecule has 2 aromatic rings. The fourth-order valence-electron chi connectivity index (χ4n) is 2.34. The van der Waals surface area contributed by atoms with E-state index in [9.17, 15) is 0 Å². The van der Waals surface area contributed by atoms with Crippen LogP contribution >= 0.6 is 15.9 Å². The Balaban J connectivity index is 2.34. The van der Waals surface area contributed by atoms with Gasteiger partial charge >= 0.3 is 0 Å². The van der Waals surface area contributed by atoms with Crippen molar-refractivity contribution in [3.05, 3.63) is 52.5 Å². The Morgan fingerprint density at radius 1 is 1.19 bits per heavy atom. The topological polar surface area (TPSA) is 38.5 Å². The second-order valence-corrected chi connectivity index (χ2v) is 6.13. The molecule has 1 unspecified atom stereocenters. The van der Waals surface area contributed by atoms with Gasteiger partial charge in [0.2, 0.25) is 0 Å². The van der Waals surface area contributed by atoms with Crippen LogP contribution in [0.4, 0.5) is 11.4 Å². The van der Waals surface area contributed by atoms with Gasteiger partial charge in [0.25, 0.3) is 0 Å². The third-order valence-corrected chi connectivity index (χ3v) is 3.90. The third-order valence-electron chi connectivity index (χ3n) is 3.40. The highest BCUT2D eigenvalue weighted by Crippen LogP contribution is 2.31. The minimum absolute atomic E-state index is 0.127. The lowest BCUT2D eigenvalue weighted by Crippen LogP contribution is -2.20. The van der Waals surface area contributed by atoms with Gasteiger partial charge in [-0.2, -0.15) is 0 Å². The first-order valence-corrected chi connectivity index (χ1v) is 7.72. The molecule has 21 heavy (non-hydrogen) atoms. The minimum Gasteiger partial charge on any atom is -0.497 e. The lowest BCUT2D eigenvalue weighted by molar-refractivity contribution is 0.415. The molecule has 4 heteroatoms. The lowest BCUT2D eigenvalue weighted by atomic mass is 10.0. The van der Waals surface area contributed by atoms with E-state index in [1.807, 2.05) is 19.1 Å². The zero-order valence-corrected chi connectivity index (χ0v) is 14.2. The molecule has 0 aromatic heterocycles. The average Bonchev–Trinajstić information content (AvgIpc) is 2.46. The number of ether oxygens (including phenoxy) is 1. The van der Waals surface area contributed by atoms with Crippen LogP contribution in [0.1, 0.15) is 12.5 Å². The van der Waals surface area contributed by atoms with E-state index in [4.69, 9.17) is 10.5 Å². The van der Waals surface area contributed by atoms with Crippen LogP contribution in [0.15, 0.2) is 46.9 Å². The van der Waals surface area contributed by atoms with Crippen molar-refractivity contribution >= 4 is 27.3 Å². The number of halogens is 1. The molecular weight excluding hydrogens is 328 g/mol. The van der Waals surface area contributed by atoms with Crippen LogP contribution in [0.5, 0.6) is 5.75 Å². The van der Waals surface area contributed by atoms with Gasteiger partial charge in [-0.25, -0.2) is 0 Å². The van der Waals surface area contributed by atoms with E-state index in [-0.39, 0.29) is 6.04 Å². The van der Waals surface area contributed by atoms with E-state index in [2.05, 4.69) is 58.2 Å². The Morgan fingerprint density at radius 3 is 2.43 bits per heavy atom. The summed E-state index contributed by atoms with van der Waals surface area (Å²) in [7, 11) is 3.74. The number of benzene rings is 2. The first-order valence-electron chi connectivity index (χ1n) is 6.93. The highest BCUT2D eigenvalue weighted by Gasteiger charge is 2.11. The average molecular weight is 349 g/mol. The monoisotopic (exact) mass is 348 g/mol. The summed E-state index contributed by atoms with van der Waals surface area (Å²) in [6.07, 6.45) is 0.843. The van der Waals surface area contributed by atoms with Crippen LogP contribution in [0.2, 0.25) is 0 Å². The van der Waals surface area contributed by atoms with Crippen LogP contribution in [-0.2, 0) is 6.42 Å². The normalized spacial score (nSPS) is 12.0. The predicted molar refractivity (Wildman–Crippen MR) is 92.6 cm³/mol. The molecule has 0 radical (unpaired) electrons. The summed E-state index contributed by atoms with van der Waals surface area (Å²) in [5.41, 5.74) is 9.49. The molecular formula is C17H21BrN2O. The van der Waals surface area contributed by atoms with Gasteiger partial charge in [0.1, 0.15) is 5.75 Å². The summed E-state index contributed by atoms with van der Waals surface area (Å²) in [5.74, 6) is 0.860. The molecule has 0 heterocycles. The van der Waals surface area contributed by atoms with Crippen molar-refractivity contribution in [2.24, 2.45) is 5.73 Å². The Kier molecular flexibility index (Phi) is 5.26. The van der Waals surface area contributed by atoms with Crippen molar-refractivity contribution in [2.45, 2.75) is 19.4 Å². The Morgan fingerprint density at radius 2 is 1.86 bits per heavy atom. The van der Waals surface area contributed by atoms with Crippen LogP contribution in [0.25, 0.3) is 0 Å². The molecule has 2 rings (SSSR count). The van der Waals surface area contributed by atoms with Crippen molar-refractivity contribution in [3.63, 3.8) is 0 Å². The van der Waals surface area contributed by atoms with Crippen molar-refractivity contribution in [1.82, 2.24) is 0 Å². The maximum absolute atomic E-state index is 5.97. The van der Waals surface area contributed by atoms with Gasteiger partial charge in [0, 0.05) is 28.9 Å². The first kappa shape index (κ1) is 15.9. The van der Waals surface area contributed by atoms with Crippen molar-refractivity contribution < 1.29 is 4.74 Å². The first-order chi connectivity index (χ1) is 10.0. The van der Waals surface area contributed by atoms with Gasteiger partial charge < -0.3 is 15.4 Å². The third kappa shape index (κ3) is 3.99. The fraction of sp³-hybridized carbons (Fsp3) is 0.294. The smallest absolute Gasteiger partial charge is 0.119 e. The second-order valence-electron chi connectivity index (χ2n) is 5.21. The van der Waals surface area contributed by atoms with Crippen LogP contribution < -0.4 is 15.4 Å². The van der Waals surface area contributed by atoms with Crippen LogP contribution in [0.3, 0.4) is 0 Å². The largest absolute Gasteiger partial charge is 0.497 e. The van der Waals surface area contributed by atoms with E-state index in [0.29, 0.717) is 0 Å². The van der Waals surface area contributed by atoms with Crippen molar-refractivity contribution in [1.29, 1.82) is 0 Å². The molecule has 0 bridgehead atoms. The van der Waals surface area contributed by atoms with E-state index in [1.54, 1.807) is 7.11 Å². The molecule has 0 aliphatic carbocycles. The lowest BCUT2D eigenvalue weighted by Gasteiger charge is -2.24. The zero-order valence-electron chi connectivity index (χ0n) is 12.6. The molecule has 0 saturated carbocycles. The number of nitrogens with two attached hydrogens (primary N) is 1. The van der Waals surface area contributed by atoms with Crippen LogP contribution in [-0.4, -0.2) is 20.2 Å². The fourth-order valence-corrected chi connectivity index (χ4v) is 2.75. The highest BCUT2D eigenvalue weighted by atomic mass is 79.9. The number of anilines is 2. The van der Waals surface area contributed by atoms with E-state index >= 15 is 0 Å². The Hall–Kier alpha value is -1.52. The number of hydrogen-bond acceptors (Lipinski definition) is 3. The molecule has 0 amide bonds. The minimum atomic E-state index is 0.127. The van der Waals surface area contributed by atoms with Crippen molar-refractivity contribution in [2.75, 3.05) is 19.1 Å². The number of rotatable bonds is 5. The maximum atomic E-state index is 5.97. The molecule has 0 saturated heterocycles. The van der Waals surface area contributed by atoms with E-state index < -0.39 is 0 Å². The molecule has 0 aliphatic heterocycles. The molecule has 112 valence electrons. The molecule has 0 aliphatic rings. The Bertz CT molecular complexity index is 596. The molecule has 2 N–H and O–H groups in total. The second kappa shape index (κ2) is 6.96. The predicted octanol–water partition coefficient (Wildman–Crippen LogP) is 4.12. The summed E-state index contributed by atoms with van der Waals surface area (Å²) in [6, 6.07) is 14.5. The summed E-state index contributed by atoms with van der Waals surface area (Å²) in [6.45, 7) is 2.03. The Labute approximate surface area is 134 Å². The van der Waals surface area contributed by atoms with Gasteiger partial charge in [-0.05, 0) is 61.4 Å². The van der Waals surface area contributed by atoms with Gasteiger partial charge in [-0.1, -0.05) is 15.9 Å². The highest BCUT2D eigenvalue weighted by molar-refractivity contribution is 9.10. The SMILES string of the molecule is COc1ccc(N(C)c2ccc(Br)cc2CC(C)N)cc1. The summed E-state index contributed by atoms with van der Waals surface area (Å²) < 4.78 is 6.28. The summed E-state index contributed by atoms with van der Waals surface area (Å²) >= 11 is 3.53. The van der Waals surface area contributed by atoms with Gasteiger partial charge in [0.15, 0.2) is 0 Å². The molecule has 3 nitrogen and oxygen atoms in total. The van der Waals surface area contributed by atoms with Gasteiger partial charge in [-0.3, -0.25) is 0 Å². The summed E-state index contributed by atoms with van der Waals surface area (Å²) in [5, 5.41) is 0. The maximum Gasteiger partial charge on any atom is 0.119 e. The van der Waals surface area contributed by atoms with Gasteiger partial charge in [0.05, 0.1) is 7.11 Å². The zero-order chi connectivity index (χ0) is 15.4. The molecule has 0 fully saturated rings. The summed E-state index contributed by atoms with van der Waals surface area (Å²) in [4.78, 5) is 2.17. The van der Waals surface area contributed by atoms with E-state index in [1.165, 1.54) is 11.3 Å². The molecule has 0 spiro atoms.